The molecule has 0 saturated carbocycles. The lowest BCUT2D eigenvalue weighted by molar-refractivity contribution is 0.0923. The molecule has 0 atom stereocenters. The number of nitrogen functional groups attached to an aromatic ring is 1. The molecule has 0 fully saturated rings. The van der Waals surface area contributed by atoms with Crippen LogP contribution in [0.1, 0.15) is 17.3 Å². The molecule has 1 amide bonds. The van der Waals surface area contributed by atoms with Gasteiger partial charge in [0.25, 0.3) is 5.91 Å². The number of benzene rings is 1. The maximum absolute atomic E-state index is 13.1. The summed E-state index contributed by atoms with van der Waals surface area (Å²) in [6, 6.07) is 4.14. The van der Waals surface area contributed by atoms with Crippen molar-refractivity contribution in [1.29, 1.82) is 0 Å². The van der Waals surface area contributed by atoms with Gasteiger partial charge in [-0.25, -0.2) is 4.39 Å². The van der Waals surface area contributed by atoms with Gasteiger partial charge in [-0.2, -0.15) is 0 Å². The molecule has 1 rings (SSSR count). The fourth-order valence-corrected chi connectivity index (χ4v) is 1.21. The van der Waals surface area contributed by atoms with Crippen LogP contribution in [0.25, 0.3) is 0 Å². The highest BCUT2D eigenvalue weighted by Crippen LogP contribution is 2.15. The molecule has 0 aliphatic rings. The Balaban J connectivity index is 2.56. The lowest BCUT2D eigenvalue weighted by atomic mass is 10.1. The molecule has 4 nitrogen and oxygen atoms in total. The first-order valence-electron chi connectivity index (χ1n) is 5.06. The number of carbonyl (C=O) groups is 1. The van der Waals surface area contributed by atoms with Crippen LogP contribution in [0.3, 0.4) is 0 Å². The average Bonchev–Trinajstić information content (AvgIpc) is 2.28. The number of carbonyl (C=O) groups excluding carboxylic acids is 1. The standard InChI is InChI=1S/C11H15FN2O2/c1-2-16-7-6-14-11(15)8-4-3-5-9(12)10(8)13/h3-5H,2,6-7,13H2,1H3,(H,14,15). The molecule has 0 aliphatic heterocycles. The quantitative estimate of drug-likeness (QED) is 0.585. The van der Waals surface area contributed by atoms with E-state index in [9.17, 15) is 9.18 Å². The monoisotopic (exact) mass is 226 g/mol. The minimum atomic E-state index is -0.586. The van der Waals surface area contributed by atoms with Gasteiger partial charge < -0.3 is 15.8 Å². The van der Waals surface area contributed by atoms with Gasteiger partial charge in [0, 0.05) is 13.2 Å². The van der Waals surface area contributed by atoms with Crippen molar-refractivity contribution in [1.82, 2.24) is 5.32 Å². The molecule has 0 heterocycles. The van der Waals surface area contributed by atoms with Crippen LogP contribution in [0.2, 0.25) is 0 Å². The third-order valence-corrected chi connectivity index (χ3v) is 2.03. The summed E-state index contributed by atoms with van der Waals surface area (Å²) in [4.78, 5) is 11.6. The number of nitrogens with two attached hydrogens (primary N) is 1. The van der Waals surface area contributed by atoms with Crippen molar-refractivity contribution in [3.05, 3.63) is 29.6 Å². The van der Waals surface area contributed by atoms with Crippen LogP contribution in [-0.2, 0) is 4.74 Å². The zero-order valence-corrected chi connectivity index (χ0v) is 9.13. The fraction of sp³-hybridized carbons (Fsp3) is 0.364. The van der Waals surface area contributed by atoms with Crippen molar-refractivity contribution >= 4 is 11.6 Å². The molecule has 0 aliphatic carbocycles. The number of halogens is 1. The van der Waals surface area contributed by atoms with Gasteiger partial charge in [0.05, 0.1) is 17.9 Å². The smallest absolute Gasteiger partial charge is 0.253 e. The first kappa shape index (κ1) is 12.4. The summed E-state index contributed by atoms with van der Waals surface area (Å²) < 4.78 is 18.1. The second-order valence-electron chi connectivity index (χ2n) is 3.15. The maximum Gasteiger partial charge on any atom is 0.253 e. The molecule has 0 unspecified atom stereocenters. The molecule has 1 aromatic carbocycles. The van der Waals surface area contributed by atoms with Gasteiger partial charge in [0.1, 0.15) is 5.82 Å². The average molecular weight is 226 g/mol. The highest BCUT2D eigenvalue weighted by Gasteiger charge is 2.11. The summed E-state index contributed by atoms with van der Waals surface area (Å²) >= 11 is 0. The minimum Gasteiger partial charge on any atom is -0.396 e. The summed E-state index contributed by atoms with van der Waals surface area (Å²) in [7, 11) is 0. The van der Waals surface area contributed by atoms with Gasteiger partial charge in [-0.1, -0.05) is 6.07 Å². The highest BCUT2D eigenvalue weighted by molar-refractivity contribution is 5.99. The van der Waals surface area contributed by atoms with Gasteiger partial charge in [0.2, 0.25) is 0 Å². The van der Waals surface area contributed by atoms with Gasteiger partial charge in [-0.15, -0.1) is 0 Å². The van der Waals surface area contributed by atoms with E-state index < -0.39 is 11.7 Å². The van der Waals surface area contributed by atoms with E-state index >= 15 is 0 Å². The predicted molar refractivity (Wildman–Crippen MR) is 59.6 cm³/mol. The predicted octanol–water partition coefficient (Wildman–Crippen LogP) is 1.17. The van der Waals surface area contributed by atoms with Crippen LogP contribution in [0.15, 0.2) is 18.2 Å². The van der Waals surface area contributed by atoms with Crippen LogP contribution in [0.4, 0.5) is 10.1 Å². The van der Waals surface area contributed by atoms with Crippen molar-refractivity contribution in [3.63, 3.8) is 0 Å². The van der Waals surface area contributed by atoms with Crippen LogP contribution >= 0.6 is 0 Å². The van der Waals surface area contributed by atoms with Crippen LogP contribution < -0.4 is 11.1 Å². The number of ether oxygens (including phenoxy) is 1. The van der Waals surface area contributed by atoms with Gasteiger partial charge >= 0.3 is 0 Å². The van der Waals surface area contributed by atoms with Crippen LogP contribution in [-0.4, -0.2) is 25.7 Å². The second-order valence-corrected chi connectivity index (χ2v) is 3.15. The second kappa shape index (κ2) is 6.07. The Bertz CT molecular complexity index is 369. The van der Waals surface area contributed by atoms with Crippen molar-refractivity contribution < 1.29 is 13.9 Å². The molecular weight excluding hydrogens is 211 g/mol. The first-order valence-corrected chi connectivity index (χ1v) is 5.06. The lowest BCUT2D eigenvalue weighted by Crippen LogP contribution is -2.28. The number of nitrogens with one attached hydrogen (secondary N) is 1. The minimum absolute atomic E-state index is 0.128. The number of amides is 1. The molecule has 0 saturated heterocycles. The molecule has 3 N–H and O–H groups in total. The summed E-state index contributed by atoms with van der Waals surface area (Å²) in [6.45, 7) is 3.27. The van der Waals surface area contributed by atoms with Crippen molar-refractivity contribution in [2.24, 2.45) is 0 Å². The maximum atomic E-state index is 13.1. The molecular formula is C11H15FN2O2. The molecule has 5 heteroatoms. The SMILES string of the molecule is CCOCCNC(=O)c1cccc(F)c1N. The van der Waals surface area contributed by atoms with Gasteiger partial charge in [-0.05, 0) is 19.1 Å². The van der Waals surface area contributed by atoms with E-state index in [4.69, 9.17) is 10.5 Å². The number of hydrogen-bond acceptors (Lipinski definition) is 3. The molecule has 1 aromatic rings. The number of hydrogen-bond donors (Lipinski definition) is 2. The van der Waals surface area contributed by atoms with Gasteiger partial charge in [0.15, 0.2) is 0 Å². The Morgan fingerprint density at radius 3 is 3.00 bits per heavy atom. The fourth-order valence-electron chi connectivity index (χ4n) is 1.21. The van der Waals surface area contributed by atoms with Crippen molar-refractivity contribution in [2.75, 3.05) is 25.5 Å². The Morgan fingerprint density at radius 1 is 1.56 bits per heavy atom. The first-order chi connectivity index (χ1) is 7.66. The van der Waals surface area contributed by atoms with E-state index in [0.717, 1.165) is 0 Å². The number of rotatable bonds is 5. The Hall–Kier alpha value is -1.62. The largest absolute Gasteiger partial charge is 0.396 e. The molecule has 88 valence electrons. The van der Waals surface area contributed by atoms with Gasteiger partial charge in [-0.3, -0.25) is 4.79 Å². The topological polar surface area (TPSA) is 64.3 Å². The van der Waals surface area contributed by atoms with E-state index in [1.54, 1.807) is 0 Å². The zero-order chi connectivity index (χ0) is 12.0. The summed E-state index contributed by atoms with van der Waals surface area (Å²) in [5.41, 5.74) is 5.47. The van der Waals surface area contributed by atoms with E-state index in [-0.39, 0.29) is 11.3 Å². The normalized spacial score (nSPS) is 10.1. The van der Waals surface area contributed by atoms with Crippen molar-refractivity contribution in [3.8, 4) is 0 Å². The molecule has 0 aromatic heterocycles. The summed E-state index contributed by atoms with van der Waals surface area (Å²) in [6.07, 6.45) is 0. The summed E-state index contributed by atoms with van der Waals surface area (Å²) in [5.74, 6) is -0.978. The molecule has 16 heavy (non-hydrogen) atoms. The summed E-state index contributed by atoms with van der Waals surface area (Å²) in [5, 5.41) is 2.59. The Morgan fingerprint density at radius 2 is 2.31 bits per heavy atom. The molecule has 0 bridgehead atoms. The third-order valence-electron chi connectivity index (χ3n) is 2.03. The van der Waals surface area contributed by atoms with Crippen LogP contribution in [0, 0.1) is 5.82 Å². The van der Waals surface area contributed by atoms with E-state index in [0.29, 0.717) is 19.8 Å². The third kappa shape index (κ3) is 3.20. The zero-order valence-electron chi connectivity index (χ0n) is 9.13. The van der Waals surface area contributed by atoms with E-state index in [2.05, 4.69) is 5.32 Å². The van der Waals surface area contributed by atoms with Crippen LogP contribution in [0.5, 0.6) is 0 Å². The molecule has 0 spiro atoms. The lowest BCUT2D eigenvalue weighted by Gasteiger charge is -2.07. The number of para-hydroxylation sites is 1. The molecule has 0 radical (unpaired) electrons. The highest BCUT2D eigenvalue weighted by atomic mass is 19.1. The Labute approximate surface area is 93.6 Å². The number of anilines is 1. The van der Waals surface area contributed by atoms with E-state index in [1.807, 2.05) is 6.92 Å². The van der Waals surface area contributed by atoms with Crippen molar-refractivity contribution in [2.45, 2.75) is 6.92 Å². The Kier molecular flexibility index (Phi) is 4.72. The van der Waals surface area contributed by atoms with E-state index in [1.165, 1.54) is 18.2 Å².